The van der Waals surface area contributed by atoms with Crippen LogP contribution in [0.25, 0.3) is 0 Å². The van der Waals surface area contributed by atoms with Crippen molar-refractivity contribution in [3.05, 3.63) is 0 Å². The van der Waals surface area contributed by atoms with E-state index in [9.17, 15) is 13.5 Å². The van der Waals surface area contributed by atoms with E-state index >= 15 is 0 Å². The monoisotopic (exact) mass is 394 g/mol. The van der Waals surface area contributed by atoms with Gasteiger partial charge in [-0.15, -0.1) is 0 Å². The molecule has 2 atom stereocenters. The molecule has 1 aliphatic heterocycles. The van der Waals surface area contributed by atoms with Gasteiger partial charge in [0.2, 0.25) is 0 Å². The van der Waals surface area contributed by atoms with Gasteiger partial charge >= 0.3 is 16.4 Å². The maximum Gasteiger partial charge on any atom is 0.409 e. The van der Waals surface area contributed by atoms with Crippen molar-refractivity contribution in [2.24, 2.45) is 5.92 Å². The van der Waals surface area contributed by atoms with Crippen LogP contribution in [0.5, 0.6) is 0 Å². The summed E-state index contributed by atoms with van der Waals surface area (Å²) in [6.07, 6.45) is 13.5. The highest BCUT2D eigenvalue weighted by molar-refractivity contribution is 7.82. The number of aliphatic hydroxyl groups is 1. The molecule has 0 amide bonds. The fourth-order valence-corrected chi connectivity index (χ4v) is 4.17. The molecule has 0 aromatic rings. The molecule has 0 radical (unpaired) electrons. The lowest BCUT2D eigenvalue weighted by Gasteiger charge is -2.39. The zero-order valence-corrected chi connectivity index (χ0v) is 17.6. The summed E-state index contributed by atoms with van der Waals surface area (Å²) in [6, 6.07) is 0. The average Bonchev–Trinajstić information content (AvgIpc) is 2.55. The maximum absolute atomic E-state index is 11.0. The van der Waals surface area contributed by atoms with Crippen molar-refractivity contribution in [3.8, 4) is 0 Å². The molecule has 0 spiro atoms. The summed E-state index contributed by atoms with van der Waals surface area (Å²) in [5, 5.41) is 10.1. The van der Waals surface area contributed by atoms with Gasteiger partial charge in [-0.25, -0.2) is 0 Å². The molecule has 1 saturated heterocycles. The highest BCUT2D eigenvalue weighted by Gasteiger charge is 2.57. The van der Waals surface area contributed by atoms with E-state index in [0.29, 0.717) is 18.9 Å². The first-order valence-electron chi connectivity index (χ1n) is 10.3. The van der Waals surface area contributed by atoms with Crippen molar-refractivity contribution in [1.82, 2.24) is 0 Å². The molecule has 1 heterocycles. The molecular formula is C19H38O6S. The van der Waals surface area contributed by atoms with Crippen LogP contribution in [0.2, 0.25) is 0 Å². The normalized spacial score (nSPS) is 20.5. The van der Waals surface area contributed by atoms with E-state index in [0.717, 1.165) is 12.8 Å². The SMILES string of the molecule is CCCCCCCCCCCC(C)CCC(OCC)C1(O)OS(=O)(=O)O1. The molecule has 7 heteroatoms. The minimum Gasteiger partial charge on any atom is -0.370 e. The van der Waals surface area contributed by atoms with Crippen LogP contribution in [0.1, 0.15) is 97.8 Å². The van der Waals surface area contributed by atoms with E-state index in [1.807, 2.05) is 0 Å². The first-order valence-corrected chi connectivity index (χ1v) is 11.7. The van der Waals surface area contributed by atoms with Crippen LogP contribution in [0.15, 0.2) is 0 Å². The second-order valence-electron chi connectivity index (χ2n) is 7.45. The number of unbranched alkanes of at least 4 members (excludes halogenated alkanes) is 8. The van der Waals surface area contributed by atoms with Crippen LogP contribution in [-0.4, -0.2) is 32.2 Å². The molecule has 2 unspecified atom stereocenters. The zero-order valence-electron chi connectivity index (χ0n) is 16.7. The van der Waals surface area contributed by atoms with Gasteiger partial charge in [0.05, 0.1) is 0 Å². The lowest BCUT2D eigenvalue weighted by Crippen LogP contribution is -2.59. The van der Waals surface area contributed by atoms with Crippen molar-refractivity contribution in [2.45, 2.75) is 110 Å². The Bertz CT molecular complexity index is 453. The molecular weight excluding hydrogens is 356 g/mol. The molecule has 1 N–H and O–H groups in total. The number of hydrogen-bond donors (Lipinski definition) is 1. The van der Waals surface area contributed by atoms with E-state index in [2.05, 4.69) is 22.2 Å². The van der Waals surface area contributed by atoms with Crippen LogP contribution in [0, 0.1) is 5.92 Å². The highest BCUT2D eigenvalue weighted by Crippen LogP contribution is 2.35. The Hall–Kier alpha value is -0.210. The van der Waals surface area contributed by atoms with E-state index in [1.165, 1.54) is 57.8 Å². The van der Waals surface area contributed by atoms with Crippen LogP contribution >= 0.6 is 0 Å². The third-order valence-electron chi connectivity index (χ3n) is 4.94. The van der Waals surface area contributed by atoms with Gasteiger partial charge in [0, 0.05) is 6.61 Å². The van der Waals surface area contributed by atoms with E-state index < -0.39 is 22.5 Å². The lowest BCUT2D eigenvalue weighted by molar-refractivity contribution is -0.373. The number of rotatable bonds is 16. The minimum absolute atomic E-state index is 0.354. The van der Waals surface area contributed by atoms with Crippen molar-refractivity contribution in [1.29, 1.82) is 0 Å². The summed E-state index contributed by atoms with van der Waals surface area (Å²) in [7, 11) is -4.05. The fourth-order valence-electron chi connectivity index (χ4n) is 3.36. The third kappa shape index (κ3) is 9.13. The summed E-state index contributed by atoms with van der Waals surface area (Å²) in [5.74, 6) is -1.67. The Morgan fingerprint density at radius 1 is 0.885 bits per heavy atom. The topological polar surface area (TPSA) is 82.1 Å². The smallest absolute Gasteiger partial charge is 0.370 e. The van der Waals surface area contributed by atoms with Crippen molar-refractivity contribution in [2.75, 3.05) is 6.61 Å². The molecule has 0 aliphatic carbocycles. The largest absolute Gasteiger partial charge is 0.409 e. The quantitative estimate of drug-likeness (QED) is 0.383. The van der Waals surface area contributed by atoms with Gasteiger partial charge < -0.3 is 9.84 Å². The van der Waals surface area contributed by atoms with Gasteiger partial charge in [-0.1, -0.05) is 78.1 Å². The summed E-state index contributed by atoms with van der Waals surface area (Å²) in [6.45, 7) is 6.56. The fraction of sp³-hybridized carbons (Fsp3) is 1.00. The Labute approximate surface area is 159 Å². The Morgan fingerprint density at radius 2 is 1.42 bits per heavy atom. The molecule has 6 nitrogen and oxygen atoms in total. The van der Waals surface area contributed by atoms with Crippen molar-refractivity contribution in [3.63, 3.8) is 0 Å². The van der Waals surface area contributed by atoms with Crippen molar-refractivity contribution < 1.29 is 26.6 Å². The molecule has 1 fully saturated rings. The summed E-state index contributed by atoms with van der Waals surface area (Å²) < 4.78 is 36.4. The Kier molecular flexibility index (Phi) is 11.3. The van der Waals surface area contributed by atoms with E-state index in [1.54, 1.807) is 6.92 Å². The van der Waals surface area contributed by atoms with Crippen LogP contribution in [0.4, 0.5) is 0 Å². The third-order valence-corrected chi connectivity index (χ3v) is 5.83. The molecule has 1 rings (SSSR count). The van der Waals surface area contributed by atoms with Gasteiger partial charge in [-0.05, 0) is 25.7 Å². The predicted octanol–water partition coefficient (Wildman–Crippen LogP) is 4.67. The molecule has 0 bridgehead atoms. The van der Waals surface area contributed by atoms with Crippen LogP contribution < -0.4 is 0 Å². The number of hydrogen-bond acceptors (Lipinski definition) is 6. The van der Waals surface area contributed by atoms with Gasteiger partial charge in [0.25, 0.3) is 0 Å². The second-order valence-corrected chi connectivity index (χ2v) is 8.60. The minimum atomic E-state index is -4.05. The molecule has 26 heavy (non-hydrogen) atoms. The van der Waals surface area contributed by atoms with E-state index in [-0.39, 0.29) is 0 Å². The Balaban J connectivity index is 2.11. The second kappa shape index (κ2) is 12.3. The van der Waals surface area contributed by atoms with Gasteiger partial charge in [0.15, 0.2) is 0 Å². The van der Waals surface area contributed by atoms with Gasteiger partial charge in [-0.3, -0.25) is 0 Å². The summed E-state index contributed by atoms with van der Waals surface area (Å²) in [5.41, 5.74) is 0. The zero-order chi connectivity index (χ0) is 19.5. The summed E-state index contributed by atoms with van der Waals surface area (Å²) in [4.78, 5) is 0. The van der Waals surface area contributed by atoms with Crippen molar-refractivity contribution >= 4 is 10.4 Å². The first-order chi connectivity index (χ1) is 12.3. The van der Waals surface area contributed by atoms with Gasteiger partial charge in [0.1, 0.15) is 6.10 Å². The summed E-state index contributed by atoms with van der Waals surface area (Å²) >= 11 is 0. The maximum atomic E-state index is 11.0. The van der Waals surface area contributed by atoms with Gasteiger partial charge in [-0.2, -0.15) is 16.8 Å². The Morgan fingerprint density at radius 3 is 1.92 bits per heavy atom. The molecule has 0 aromatic carbocycles. The molecule has 156 valence electrons. The lowest BCUT2D eigenvalue weighted by atomic mass is 9.95. The van der Waals surface area contributed by atoms with Crippen LogP contribution in [0.3, 0.4) is 0 Å². The average molecular weight is 395 g/mol. The molecule has 0 aromatic heterocycles. The highest BCUT2D eigenvalue weighted by atomic mass is 32.3. The molecule has 0 saturated carbocycles. The van der Waals surface area contributed by atoms with E-state index in [4.69, 9.17) is 4.74 Å². The van der Waals surface area contributed by atoms with Crippen LogP contribution in [-0.2, 0) is 23.5 Å². The number of ether oxygens (including phenoxy) is 1. The molecule has 1 aliphatic rings. The first kappa shape index (κ1) is 23.8. The standard InChI is InChI=1S/C19H38O6S/c1-4-6-7-8-9-10-11-12-13-14-17(3)15-16-18(23-5-2)19(20)24-26(21,22)25-19/h17-18,20H,4-16H2,1-3H3. The predicted molar refractivity (Wildman–Crippen MR) is 102 cm³/mol.